The molecule has 0 radical (unpaired) electrons. The van der Waals surface area contributed by atoms with Crippen LogP contribution in [0.2, 0.25) is 0 Å². The number of halogens is 1. The number of anilines is 1. The number of rotatable bonds is 3. The molecule has 0 aliphatic heterocycles. The van der Waals surface area contributed by atoms with Gasteiger partial charge in [0.25, 0.3) is 0 Å². The van der Waals surface area contributed by atoms with Crippen LogP contribution >= 0.6 is 15.9 Å². The van der Waals surface area contributed by atoms with Crippen LogP contribution in [0.5, 0.6) is 0 Å². The number of nitrogens with one attached hydrogen (secondary N) is 1. The summed E-state index contributed by atoms with van der Waals surface area (Å²) in [5.41, 5.74) is 7.56. The Morgan fingerprint density at radius 1 is 1.17 bits per heavy atom. The molecule has 1 unspecified atom stereocenters. The Hall–Kier alpha value is -0.540. The van der Waals surface area contributed by atoms with Gasteiger partial charge in [-0.3, -0.25) is 0 Å². The van der Waals surface area contributed by atoms with Crippen molar-refractivity contribution in [1.29, 1.82) is 0 Å². The molecule has 3 N–H and O–H groups in total. The Bertz CT molecular complexity index is 399. The van der Waals surface area contributed by atoms with Gasteiger partial charge in [-0.1, -0.05) is 42.6 Å². The topological polar surface area (TPSA) is 38.0 Å². The molecule has 2 rings (SSSR count). The van der Waals surface area contributed by atoms with Gasteiger partial charge in [0.05, 0.1) is 5.54 Å². The van der Waals surface area contributed by atoms with E-state index >= 15 is 0 Å². The highest BCUT2D eigenvalue weighted by Gasteiger charge is 2.45. The molecule has 100 valence electrons. The molecule has 2 nitrogen and oxygen atoms in total. The van der Waals surface area contributed by atoms with E-state index in [1.807, 2.05) is 0 Å². The third kappa shape index (κ3) is 2.57. The maximum absolute atomic E-state index is 6.12. The summed E-state index contributed by atoms with van der Waals surface area (Å²) >= 11 is 3.47. The second-order valence-corrected chi connectivity index (χ2v) is 6.92. The average Bonchev–Trinajstić information content (AvgIpc) is 2.34. The average molecular weight is 311 g/mol. The Labute approximate surface area is 118 Å². The Balaban J connectivity index is 2.24. The molecule has 0 spiro atoms. The second-order valence-electron chi connectivity index (χ2n) is 6.01. The van der Waals surface area contributed by atoms with E-state index in [0.717, 1.165) is 10.9 Å². The van der Waals surface area contributed by atoms with E-state index in [9.17, 15) is 0 Å². The van der Waals surface area contributed by atoms with Gasteiger partial charge in [-0.2, -0.15) is 0 Å². The molecule has 0 bridgehead atoms. The van der Waals surface area contributed by atoms with Crippen molar-refractivity contribution in [2.75, 3.05) is 11.9 Å². The number of hydrogen-bond acceptors (Lipinski definition) is 2. The van der Waals surface area contributed by atoms with Crippen LogP contribution in [0.25, 0.3) is 0 Å². The lowest BCUT2D eigenvalue weighted by Crippen LogP contribution is -2.58. The van der Waals surface area contributed by atoms with Crippen LogP contribution in [0.3, 0.4) is 0 Å². The van der Waals surface area contributed by atoms with Gasteiger partial charge >= 0.3 is 0 Å². The normalized spacial score (nSPS) is 26.9. The minimum Gasteiger partial charge on any atom is -0.378 e. The lowest BCUT2D eigenvalue weighted by molar-refractivity contribution is 0.125. The predicted molar refractivity (Wildman–Crippen MR) is 81.8 cm³/mol. The van der Waals surface area contributed by atoms with E-state index in [1.165, 1.54) is 24.9 Å². The minimum atomic E-state index is 0.0269. The van der Waals surface area contributed by atoms with E-state index < -0.39 is 0 Å². The standard InChI is InChI=1S/C15H23BrN2/c1-14(2)9-3-4-10-15(14,11-17)18-13-7-5-12(16)6-8-13/h5-8,18H,3-4,9-11,17H2,1-2H3. The molecule has 0 saturated heterocycles. The summed E-state index contributed by atoms with van der Waals surface area (Å²) in [6.07, 6.45) is 4.99. The van der Waals surface area contributed by atoms with E-state index in [2.05, 4.69) is 59.4 Å². The van der Waals surface area contributed by atoms with Crippen LogP contribution in [0.15, 0.2) is 28.7 Å². The van der Waals surface area contributed by atoms with E-state index in [-0.39, 0.29) is 11.0 Å². The van der Waals surface area contributed by atoms with Crippen LogP contribution in [0, 0.1) is 5.41 Å². The lowest BCUT2D eigenvalue weighted by atomic mass is 9.63. The van der Waals surface area contributed by atoms with Gasteiger partial charge in [0.1, 0.15) is 0 Å². The van der Waals surface area contributed by atoms with Gasteiger partial charge in [-0.25, -0.2) is 0 Å². The van der Waals surface area contributed by atoms with Gasteiger partial charge in [0.2, 0.25) is 0 Å². The molecule has 0 aromatic heterocycles. The van der Waals surface area contributed by atoms with Crippen molar-refractivity contribution in [2.45, 2.75) is 45.1 Å². The zero-order valence-electron chi connectivity index (χ0n) is 11.3. The molecule has 1 atom stereocenters. The number of nitrogens with two attached hydrogens (primary N) is 1. The largest absolute Gasteiger partial charge is 0.378 e. The van der Waals surface area contributed by atoms with Gasteiger partial charge < -0.3 is 11.1 Å². The molecule has 1 aromatic rings. The molecule has 1 aliphatic carbocycles. The minimum absolute atomic E-state index is 0.0269. The second kappa shape index (κ2) is 5.22. The highest BCUT2D eigenvalue weighted by Crippen LogP contribution is 2.45. The first-order chi connectivity index (χ1) is 8.49. The summed E-state index contributed by atoms with van der Waals surface area (Å²) in [4.78, 5) is 0. The highest BCUT2D eigenvalue weighted by molar-refractivity contribution is 9.10. The molecule has 1 aromatic carbocycles. The van der Waals surface area contributed by atoms with Crippen molar-refractivity contribution < 1.29 is 0 Å². The first kappa shape index (κ1) is 13.9. The van der Waals surface area contributed by atoms with Crippen molar-refractivity contribution in [3.05, 3.63) is 28.7 Å². The number of hydrogen-bond donors (Lipinski definition) is 2. The Morgan fingerprint density at radius 3 is 2.33 bits per heavy atom. The quantitative estimate of drug-likeness (QED) is 0.879. The third-order valence-electron chi connectivity index (χ3n) is 4.53. The van der Waals surface area contributed by atoms with Crippen LogP contribution < -0.4 is 11.1 Å². The van der Waals surface area contributed by atoms with Crippen LogP contribution in [-0.2, 0) is 0 Å². The first-order valence-corrected chi connectivity index (χ1v) is 7.52. The summed E-state index contributed by atoms with van der Waals surface area (Å²) < 4.78 is 1.11. The SMILES string of the molecule is CC1(C)CCCCC1(CN)Nc1ccc(Br)cc1. The van der Waals surface area contributed by atoms with Gasteiger partial charge in [-0.05, 0) is 42.5 Å². The van der Waals surface area contributed by atoms with Crippen molar-refractivity contribution in [3.63, 3.8) is 0 Å². The highest BCUT2D eigenvalue weighted by atomic mass is 79.9. The molecule has 0 amide bonds. The summed E-state index contributed by atoms with van der Waals surface area (Å²) in [5.74, 6) is 0. The number of benzene rings is 1. The van der Waals surface area contributed by atoms with Gasteiger partial charge in [0.15, 0.2) is 0 Å². The molecule has 0 heterocycles. The molecule has 3 heteroatoms. The Morgan fingerprint density at radius 2 is 1.78 bits per heavy atom. The van der Waals surface area contributed by atoms with Crippen molar-refractivity contribution in [1.82, 2.24) is 0 Å². The van der Waals surface area contributed by atoms with Crippen LogP contribution in [-0.4, -0.2) is 12.1 Å². The smallest absolute Gasteiger partial charge is 0.0546 e. The monoisotopic (exact) mass is 310 g/mol. The zero-order chi connectivity index (χ0) is 13.2. The van der Waals surface area contributed by atoms with E-state index in [1.54, 1.807) is 0 Å². The van der Waals surface area contributed by atoms with Crippen LogP contribution in [0.4, 0.5) is 5.69 Å². The molecule has 1 fully saturated rings. The first-order valence-electron chi connectivity index (χ1n) is 6.73. The fraction of sp³-hybridized carbons (Fsp3) is 0.600. The summed E-state index contributed by atoms with van der Waals surface area (Å²) in [6, 6.07) is 8.38. The third-order valence-corrected chi connectivity index (χ3v) is 5.06. The van der Waals surface area contributed by atoms with Gasteiger partial charge in [0, 0.05) is 16.7 Å². The van der Waals surface area contributed by atoms with Gasteiger partial charge in [-0.15, -0.1) is 0 Å². The van der Waals surface area contributed by atoms with E-state index in [0.29, 0.717) is 6.54 Å². The molecule has 1 saturated carbocycles. The molecular weight excluding hydrogens is 288 g/mol. The summed E-state index contributed by atoms with van der Waals surface area (Å²) in [5, 5.41) is 3.72. The summed E-state index contributed by atoms with van der Waals surface area (Å²) in [6.45, 7) is 5.37. The zero-order valence-corrected chi connectivity index (χ0v) is 12.9. The van der Waals surface area contributed by atoms with E-state index in [4.69, 9.17) is 5.73 Å². The molecule has 18 heavy (non-hydrogen) atoms. The lowest BCUT2D eigenvalue weighted by Gasteiger charge is -2.51. The van der Waals surface area contributed by atoms with Crippen molar-refractivity contribution in [3.8, 4) is 0 Å². The van der Waals surface area contributed by atoms with Crippen LogP contribution in [0.1, 0.15) is 39.5 Å². The fourth-order valence-electron chi connectivity index (χ4n) is 3.04. The Kier molecular flexibility index (Phi) is 4.02. The maximum Gasteiger partial charge on any atom is 0.0546 e. The molecular formula is C15H23BrN2. The molecule has 1 aliphatic rings. The van der Waals surface area contributed by atoms with Crippen molar-refractivity contribution >= 4 is 21.6 Å². The summed E-state index contributed by atoms with van der Waals surface area (Å²) in [7, 11) is 0. The maximum atomic E-state index is 6.12. The predicted octanol–water partition coefficient (Wildman–Crippen LogP) is 4.16. The fourth-order valence-corrected chi connectivity index (χ4v) is 3.31. The van der Waals surface area contributed by atoms with Crippen molar-refractivity contribution in [2.24, 2.45) is 11.1 Å².